The number of nitrogens with one attached hydrogen (secondary N) is 1. The van der Waals surface area contributed by atoms with Gasteiger partial charge in [-0.2, -0.15) is 0 Å². The Morgan fingerprint density at radius 1 is 0.900 bits per heavy atom. The molecule has 0 unspecified atom stereocenters. The molecule has 5 heteroatoms. The summed E-state index contributed by atoms with van der Waals surface area (Å²) in [4.78, 5) is 36.7. The Bertz CT molecular complexity index is 1180. The molecule has 0 saturated heterocycles. The molecule has 1 aliphatic rings. The van der Waals surface area contributed by atoms with Crippen molar-refractivity contribution >= 4 is 29.4 Å². The van der Waals surface area contributed by atoms with E-state index in [2.05, 4.69) is 5.32 Å². The SMILES string of the molecule is CCOC(=O)/C=C/c1ccc(NC(=O)c2ccc3c(c2)C(=O)c2ccccc2-3)cc1. The van der Waals surface area contributed by atoms with Gasteiger partial charge in [-0.05, 0) is 54.0 Å². The van der Waals surface area contributed by atoms with E-state index in [-0.39, 0.29) is 11.7 Å². The number of ether oxygens (including phenoxy) is 1. The average Bonchev–Trinajstić information content (AvgIpc) is 3.05. The summed E-state index contributed by atoms with van der Waals surface area (Å²) < 4.78 is 4.84. The molecule has 0 spiro atoms. The Hall–Kier alpha value is -3.99. The molecule has 0 saturated carbocycles. The number of esters is 1. The highest BCUT2D eigenvalue weighted by Gasteiger charge is 2.27. The molecule has 0 fully saturated rings. The van der Waals surface area contributed by atoms with Gasteiger partial charge in [0.25, 0.3) is 5.91 Å². The minimum absolute atomic E-state index is 0.0620. The normalized spacial score (nSPS) is 11.8. The van der Waals surface area contributed by atoms with E-state index in [9.17, 15) is 14.4 Å². The van der Waals surface area contributed by atoms with Crippen LogP contribution in [0.1, 0.15) is 38.8 Å². The lowest BCUT2D eigenvalue weighted by Crippen LogP contribution is -2.12. The minimum atomic E-state index is -0.400. The number of hydrogen-bond donors (Lipinski definition) is 1. The number of ketones is 1. The number of carbonyl (C=O) groups excluding carboxylic acids is 3. The number of amides is 1. The fraction of sp³-hybridized carbons (Fsp3) is 0.0800. The van der Waals surface area contributed by atoms with E-state index in [1.54, 1.807) is 55.5 Å². The number of hydrogen-bond acceptors (Lipinski definition) is 4. The van der Waals surface area contributed by atoms with Crippen LogP contribution < -0.4 is 5.32 Å². The summed E-state index contributed by atoms with van der Waals surface area (Å²) >= 11 is 0. The number of anilines is 1. The Labute approximate surface area is 174 Å². The predicted molar refractivity (Wildman–Crippen MR) is 115 cm³/mol. The highest BCUT2D eigenvalue weighted by Crippen LogP contribution is 2.36. The minimum Gasteiger partial charge on any atom is -0.463 e. The molecule has 0 radical (unpaired) electrons. The Balaban J connectivity index is 1.48. The molecule has 0 heterocycles. The molecule has 1 amide bonds. The molecule has 3 aromatic carbocycles. The van der Waals surface area contributed by atoms with Gasteiger partial charge in [0.15, 0.2) is 5.78 Å². The first-order chi connectivity index (χ1) is 14.6. The summed E-state index contributed by atoms with van der Waals surface area (Å²) in [6.07, 6.45) is 3.00. The highest BCUT2D eigenvalue weighted by atomic mass is 16.5. The van der Waals surface area contributed by atoms with Crippen molar-refractivity contribution < 1.29 is 19.1 Å². The van der Waals surface area contributed by atoms with Crippen LogP contribution in [0, 0.1) is 0 Å². The van der Waals surface area contributed by atoms with E-state index in [0.717, 1.165) is 16.7 Å². The fourth-order valence-corrected chi connectivity index (χ4v) is 3.40. The first kappa shape index (κ1) is 19.3. The Morgan fingerprint density at radius 2 is 1.60 bits per heavy atom. The molecule has 0 aromatic heterocycles. The van der Waals surface area contributed by atoms with E-state index < -0.39 is 5.97 Å². The largest absolute Gasteiger partial charge is 0.463 e. The van der Waals surface area contributed by atoms with Gasteiger partial charge in [0.2, 0.25) is 0 Å². The van der Waals surface area contributed by atoms with Crippen LogP contribution in [-0.2, 0) is 9.53 Å². The van der Waals surface area contributed by atoms with E-state index in [1.165, 1.54) is 6.08 Å². The predicted octanol–water partition coefficient (Wildman–Crippen LogP) is 4.73. The van der Waals surface area contributed by atoms with Gasteiger partial charge < -0.3 is 10.1 Å². The highest BCUT2D eigenvalue weighted by molar-refractivity contribution is 6.22. The van der Waals surface area contributed by atoms with Gasteiger partial charge in [-0.15, -0.1) is 0 Å². The molecule has 30 heavy (non-hydrogen) atoms. The monoisotopic (exact) mass is 397 g/mol. The van der Waals surface area contributed by atoms with Gasteiger partial charge >= 0.3 is 5.97 Å². The quantitative estimate of drug-likeness (QED) is 0.390. The molecule has 0 bridgehead atoms. The third-order valence-electron chi connectivity index (χ3n) is 4.86. The van der Waals surface area contributed by atoms with Crippen molar-refractivity contribution in [2.75, 3.05) is 11.9 Å². The summed E-state index contributed by atoms with van der Waals surface area (Å²) in [5.41, 5.74) is 4.80. The zero-order valence-corrected chi connectivity index (χ0v) is 16.3. The topological polar surface area (TPSA) is 72.5 Å². The maximum absolute atomic E-state index is 12.7. The first-order valence-corrected chi connectivity index (χ1v) is 9.61. The maximum Gasteiger partial charge on any atom is 0.330 e. The van der Waals surface area contributed by atoms with Gasteiger partial charge in [0, 0.05) is 28.5 Å². The second-order valence-electron chi connectivity index (χ2n) is 6.80. The van der Waals surface area contributed by atoms with Crippen LogP contribution in [0.25, 0.3) is 17.2 Å². The van der Waals surface area contributed by atoms with Crippen LogP contribution >= 0.6 is 0 Å². The molecule has 0 atom stereocenters. The molecule has 0 aliphatic heterocycles. The average molecular weight is 397 g/mol. The zero-order chi connectivity index (χ0) is 21.1. The van der Waals surface area contributed by atoms with E-state index in [0.29, 0.717) is 29.0 Å². The van der Waals surface area contributed by atoms with Crippen molar-refractivity contribution in [2.45, 2.75) is 6.92 Å². The van der Waals surface area contributed by atoms with Crippen molar-refractivity contribution in [1.82, 2.24) is 0 Å². The second-order valence-corrected chi connectivity index (χ2v) is 6.80. The van der Waals surface area contributed by atoms with E-state index in [4.69, 9.17) is 4.74 Å². The van der Waals surface area contributed by atoms with Gasteiger partial charge in [-0.25, -0.2) is 4.79 Å². The van der Waals surface area contributed by atoms with Crippen LogP contribution in [0.3, 0.4) is 0 Å². The van der Waals surface area contributed by atoms with Crippen LogP contribution in [0.5, 0.6) is 0 Å². The van der Waals surface area contributed by atoms with Gasteiger partial charge in [0.1, 0.15) is 0 Å². The van der Waals surface area contributed by atoms with Crippen LogP contribution in [0.4, 0.5) is 5.69 Å². The van der Waals surface area contributed by atoms with Crippen molar-refractivity contribution in [1.29, 1.82) is 0 Å². The molecule has 1 aliphatic carbocycles. The zero-order valence-electron chi connectivity index (χ0n) is 16.3. The third-order valence-corrected chi connectivity index (χ3v) is 4.86. The van der Waals surface area contributed by atoms with Gasteiger partial charge in [-0.1, -0.05) is 42.5 Å². The molecule has 148 valence electrons. The standard InChI is InChI=1S/C25H19NO4/c1-2-30-23(27)14-9-16-7-11-18(12-8-16)26-25(29)17-10-13-20-19-5-3-4-6-21(19)24(28)22(20)15-17/h3-15H,2H2,1H3,(H,26,29)/b14-9+. The number of carbonyl (C=O) groups is 3. The second kappa shape index (κ2) is 8.17. The molecule has 3 aromatic rings. The van der Waals surface area contributed by atoms with E-state index in [1.807, 2.05) is 24.3 Å². The van der Waals surface area contributed by atoms with Crippen molar-refractivity contribution in [3.05, 3.63) is 95.1 Å². The van der Waals surface area contributed by atoms with Crippen LogP contribution in [0.2, 0.25) is 0 Å². The molecular weight excluding hydrogens is 378 g/mol. The maximum atomic E-state index is 12.7. The fourth-order valence-electron chi connectivity index (χ4n) is 3.40. The smallest absolute Gasteiger partial charge is 0.330 e. The lowest BCUT2D eigenvalue weighted by Gasteiger charge is -2.07. The molecule has 5 nitrogen and oxygen atoms in total. The third kappa shape index (κ3) is 3.78. The molecular formula is C25H19NO4. The molecule has 1 N–H and O–H groups in total. The van der Waals surface area contributed by atoms with E-state index >= 15 is 0 Å². The van der Waals surface area contributed by atoms with Crippen molar-refractivity contribution in [2.24, 2.45) is 0 Å². The molecule has 4 rings (SSSR count). The Morgan fingerprint density at radius 3 is 2.33 bits per heavy atom. The summed E-state index contributed by atoms with van der Waals surface area (Å²) in [7, 11) is 0. The summed E-state index contributed by atoms with van der Waals surface area (Å²) in [5, 5.41) is 2.83. The van der Waals surface area contributed by atoms with Crippen LogP contribution in [0.15, 0.2) is 72.8 Å². The Kier molecular flexibility index (Phi) is 5.26. The van der Waals surface area contributed by atoms with Crippen molar-refractivity contribution in [3.8, 4) is 11.1 Å². The summed E-state index contributed by atoms with van der Waals surface area (Å²) in [6, 6.07) is 19.7. The lowest BCUT2D eigenvalue weighted by molar-refractivity contribution is -0.137. The van der Waals surface area contributed by atoms with Crippen molar-refractivity contribution in [3.63, 3.8) is 0 Å². The lowest BCUT2D eigenvalue weighted by atomic mass is 10.0. The van der Waals surface area contributed by atoms with Crippen LogP contribution in [-0.4, -0.2) is 24.3 Å². The van der Waals surface area contributed by atoms with Gasteiger partial charge in [0.05, 0.1) is 6.61 Å². The van der Waals surface area contributed by atoms with Gasteiger partial charge in [-0.3, -0.25) is 9.59 Å². The number of rotatable bonds is 5. The number of benzene rings is 3. The summed E-state index contributed by atoms with van der Waals surface area (Å²) in [5.74, 6) is -0.757. The first-order valence-electron chi connectivity index (χ1n) is 9.61. The summed E-state index contributed by atoms with van der Waals surface area (Å²) in [6.45, 7) is 2.08. The number of fused-ring (bicyclic) bond motifs is 3.